The number of rotatable bonds is 4. The van der Waals surface area contributed by atoms with Crippen LogP contribution in [0.5, 0.6) is 0 Å². The fourth-order valence-corrected chi connectivity index (χ4v) is 2.81. The minimum absolute atomic E-state index is 0.0294. The van der Waals surface area contributed by atoms with Crippen molar-refractivity contribution in [3.05, 3.63) is 35.5 Å². The molecule has 0 aliphatic heterocycles. The lowest BCUT2D eigenvalue weighted by Crippen LogP contribution is -2.49. The van der Waals surface area contributed by atoms with Gasteiger partial charge in [0.15, 0.2) is 0 Å². The zero-order chi connectivity index (χ0) is 18.8. The molecule has 0 N–H and O–H groups in total. The highest BCUT2D eigenvalue weighted by Gasteiger charge is 2.57. The highest BCUT2D eigenvalue weighted by Crippen LogP contribution is 2.38. The fourth-order valence-electron chi connectivity index (χ4n) is 2.81. The summed E-state index contributed by atoms with van der Waals surface area (Å²) in [5, 5.41) is 9.98. The molecule has 0 atom stereocenters. The van der Waals surface area contributed by atoms with E-state index >= 15 is 0 Å². The van der Waals surface area contributed by atoms with E-state index in [2.05, 4.69) is 0 Å². The van der Waals surface area contributed by atoms with Gasteiger partial charge in [0, 0.05) is 24.9 Å². The number of methoxy groups -OCH3 is 2. The molecule has 0 fully saturated rings. The Morgan fingerprint density at radius 1 is 1.12 bits per heavy atom. The number of benzene rings is 1. The van der Waals surface area contributed by atoms with Gasteiger partial charge in [-0.3, -0.25) is 4.79 Å². The summed E-state index contributed by atoms with van der Waals surface area (Å²) >= 11 is 0. The van der Waals surface area contributed by atoms with E-state index in [-0.39, 0.29) is 11.3 Å². The van der Waals surface area contributed by atoms with Crippen LogP contribution in [0.1, 0.15) is 18.2 Å². The van der Waals surface area contributed by atoms with Crippen molar-refractivity contribution in [2.24, 2.45) is 7.05 Å². The van der Waals surface area contributed by atoms with Crippen molar-refractivity contribution in [2.45, 2.75) is 12.5 Å². The lowest BCUT2D eigenvalue weighted by molar-refractivity contribution is -0.194. The molecule has 0 bridgehead atoms. The van der Waals surface area contributed by atoms with Crippen LogP contribution < -0.4 is 0 Å². The lowest BCUT2D eigenvalue weighted by Gasteiger charge is -2.27. The van der Waals surface area contributed by atoms with Gasteiger partial charge in [0.05, 0.1) is 19.8 Å². The highest BCUT2D eigenvalue weighted by atomic mass is 16.6. The molecule has 0 amide bonds. The topological polar surface area (TPSA) is 108 Å². The van der Waals surface area contributed by atoms with E-state index in [0.717, 1.165) is 21.1 Å². The van der Waals surface area contributed by atoms with Gasteiger partial charge in [-0.2, -0.15) is 5.26 Å². The zero-order valence-electron chi connectivity index (χ0n) is 14.2. The van der Waals surface area contributed by atoms with Crippen molar-refractivity contribution in [3.63, 3.8) is 0 Å². The highest BCUT2D eigenvalue weighted by molar-refractivity contribution is 6.10. The first-order valence-corrected chi connectivity index (χ1v) is 7.19. The van der Waals surface area contributed by atoms with E-state index in [0.29, 0.717) is 10.9 Å². The summed E-state index contributed by atoms with van der Waals surface area (Å²) in [6, 6.07) is 8.65. The molecule has 0 aliphatic carbocycles. The number of hydrogen-bond donors (Lipinski definition) is 0. The van der Waals surface area contributed by atoms with Crippen LogP contribution in [-0.4, -0.2) is 36.7 Å². The molecular formula is C17H16N2O6. The molecule has 0 saturated heterocycles. The van der Waals surface area contributed by atoms with Crippen molar-refractivity contribution in [1.29, 1.82) is 5.26 Å². The van der Waals surface area contributed by atoms with E-state index in [1.165, 1.54) is 4.57 Å². The quantitative estimate of drug-likeness (QED) is 0.465. The second kappa shape index (κ2) is 6.65. The predicted octanol–water partition coefficient (Wildman–Crippen LogP) is 1.15. The molecule has 2 aromatic rings. The normalized spacial score (nSPS) is 10.8. The Kier molecular flexibility index (Phi) is 4.79. The van der Waals surface area contributed by atoms with E-state index in [1.807, 2.05) is 6.07 Å². The monoisotopic (exact) mass is 344 g/mol. The van der Waals surface area contributed by atoms with Crippen LogP contribution in [0.2, 0.25) is 0 Å². The summed E-state index contributed by atoms with van der Waals surface area (Å²) < 4.78 is 16.1. The van der Waals surface area contributed by atoms with E-state index in [4.69, 9.17) is 14.2 Å². The largest absolute Gasteiger partial charge is 0.465 e. The fraction of sp³-hybridized carbons (Fsp3) is 0.294. The van der Waals surface area contributed by atoms with Crippen LogP contribution in [0.3, 0.4) is 0 Å². The molecule has 1 aromatic heterocycles. The Bertz CT molecular complexity index is 890. The van der Waals surface area contributed by atoms with Gasteiger partial charge in [-0.1, -0.05) is 18.2 Å². The second-order valence-corrected chi connectivity index (χ2v) is 5.17. The van der Waals surface area contributed by atoms with Gasteiger partial charge < -0.3 is 18.8 Å². The predicted molar refractivity (Wildman–Crippen MR) is 85.1 cm³/mol. The standard InChI is InChI=1S/C17H16N2O6/c1-10(20)25-17(15(21)23-3,16(22)24-4)14-11-7-5-6-8-12(11)19(2)13(14)9-18/h5-8H,1-4H3. The summed E-state index contributed by atoms with van der Waals surface area (Å²) in [5.41, 5.74) is -2.10. The number of para-hydroxylation sites is 1. The van der Waals surface area contributed by atoms with Crippen molar-refractivity contribution in [3.8, 4) is 6.07 Å². The first-order valence-electron chi connectivity index (χ1n) is 7.19. The third-order valence-corrected chi connectivity index (χ3v) is 3.81. The molecule has 0 saturated carbocycles. The Labute approximate surface area is 143 Å². The number of aromatic nitrogens is 1. The summed E-state index contributed by atoms with van der Waals surface area (Å²) in [5.74, 6) is -3.24. The minimum Gasteiger partial charge on any atom is -0.465 e. The SMILES string of the molecule is COC(=O)C(OC(C)=O)(C(=O)OC)c1c(C#N)n(C)c2ccccc12. The second-order valence-electron chi connectivity index (χ2n) is 5.17. The Balaban J connectivity index is 3.04. The van der Waals surface area contributed by atoms with Crippen molar-refractivity contribution in [2.75, 3.05) is 14.2 Å². The number of nitriles is 1. The summed E-state index contributed by atoms with van der Waals surface area (Å²) in [6.07, 6.45) is 0. The smallest absolute Gasteiger partial charge is 0.367 e. The van der Waals surface area contributed by atoms with Gasteiger partial charge in [-0.15, -0.1) is 0 Å². The van der Waals surface area contributed by atoms with Crippen molar-refractivity contribution in [1.82, 2.24) is 4.57 Å². The number of carbonyl (C=O) groups is 3. The molecule has 0 unspecified atom stereocenters. The summed E-state index contributed by atoms with van der Waals surface area (Å²) in [7, 11) is 3.68. The number of fused-ring (bicyclic) bond motifs is 1. The van der Waals surface area contributed by atoms with Crippen LogP contribution in [0.25, 0.3) is 10.9 Å². The average Bonchev–Trinajstić information content (AvgIpc) is 2.90. The molecule has 8 heteroatoms. The van der Waals surface area contributed by atoms with Crippen LogP contribution in [-0.2, 0) is 41.2 Å². The first-order chi connectivity index (χ1) is 11.8. The van der Waals surface area contributed by atoms with Crippen molar-refractivity contribution >= 4 is 28.8 Å². The zero-order valence-corrected chi connectivity index (χ0v) is 14.2. The Morgan fingerprint density at radius 2 is 1.68 bits per heavy atom. The maximum absolute atomic E-state index is 12.6. The molecule has 25 heavy (non-hydrogen) atoms. The first kappa shape index (κ1) is 18.0. The van der Waals surface area contributed by atoms with Gasteiger partial charge in [0.2, 0.25) is 0 Å². The summed E-state index contributed by atoms with van der Waals surface area (Å²) in [4.78, 5) is 36.8. The van der Waals surface area contributed by atoms with Gasteiger partial charge in [0.1, 0.15) is 11.8 Å². The average molecular weight is 344 g/mol. The van der Waals surface area contributed by atoms with E-state index in [9.17, 15) is 19.6 Å². The third-order valence-electron chi connectivity index (χ3n) is 3.81. The van der Waals surface area contributed by atoms with Gasteiger partial charge >= 0.3 is 23.5 Å². The van der Waals surface area contributed by atoms with Gasteiger partial charge in [0.25, 0.3) is 0 Å². The van der Waals surface area contributed by atoms with E-state index < -0.39 is 23.5 Å². The number of aryl methyl sites for hydroxylation is 1. The van der Waals surface area contributed by atoms with Crippen LogP contribution in [0.15, 0.2) is 24.3 Å². The third kappa shape index (κ3) is 2.59. The molecule has 130 valence electrons. The number of hydrogen-bond acceptors (Lipinski definition) is 7. The number of esters is 3. The maximum Gasteiger partial charge on any atom is 0.367 e. The molecule has 8 nitrogen and oxygen atoms in total. The molecule has 1 aromatic carbocycles. The molecule has 0 radical (unpaired) electrons. The lowest BCUT2D eigenvalue weighted by atomic mass is 9.90. The minimum atomic E-state index is -2.54. The molecule has 0 spiro atoms. The van der Waals surface area contributed by atoms with Crippen molar-refractivity contribution < 1.29 is 28.6 Å². The summed E-state index contributed by atoms with van der Waals surface area (Å²) in [6.45, 7) is 1.04. The van der Waals surface area contributed by atoms with Crippen LogP contribution in [0, 0.1) is 11.3 Å². The molecule has 1 heterocycles. The van der Waals surface area contributed by atoms with E-state index in [1.54, 1.807) is 31.3 Å². The van der Waals surface area contributed by atoms with Gasteiger partial charge in [-0.25, -0.2) is 9.59 Å². The number of ether oxygens (including phenoxy) is 3. The number of carbonyl (C=O) groups excluding carboxylic acids is 3. The van der Waals surface area contributed by atoms with Crippen LogP contribution >= 0.6 is 0 Å². The van der Waals surface area contributed by atoms with Crippen LogP contribution in [0.4, 0.5) is 0 Å². The molecular weight excluding hydrogens is 328 g/mol. The Hall–Kier alpha value is -3.34. The number of nitrogens with zero attached hydrogens (tertiary/aromatic N) is 2. The van der Waals surface area contributed by atoms with Gasteiger partial charge in [-0.05, 0) is 6.07 Å². The maximum atomic E-state index is 12.6. The Morgan fingerprint density at radius 3 is 2.16 bits per heavy atom. The molecule has 2 rings (SSSR count). The molecule has 0 aliphatic rings.